The molecule has 0 bridgehead atoms. The van der Waals surface area contributed by atoms with E-state index in [2.05, 4.69) is 0 Å². The van der Waals surface area contributed by atoms with Crippen molar-refractivity contribution in [2.75, 3.05) is 26.2 Å². The Morgan fingerprint density at radius 3 is 2.37 bits per heavy atom. The first-order chi connectivity index (χ1) is 12.8. The summed E-state index contributed by atoms with van der Waals surface area (Å²) in [4.78, 5) is 12.0. The number of benzene rings is 2. The number of nitro benzene ring substituents is 1. The molecule has 0 spiro atoms. The van der Waals surface area contributed by atoms with Crippen LogP contribution in [0.4, 0.5) is 5.69 Å². The zero-order valence-electron chi connectivity index (χ0n) is 14.8. The van der Waals surface area contributed by atoms with E-state index in [1.165, 1.54) is 27.4 Å². The largest absolute Gasteiger partial charge is 0.327 e. The summed E-state index contributed by atoms with van der Waals surface area (Å²) in [7, 11) is -3.54. The third-order valence-electron chi connectivity index (χ3n) is 5.01. The van der Waals surface area contributed by atoms with Crippen LogP contribution in [-0.2, 0) is 10.0 Å². The predicted octanol–water partition coefficient (Wildman–Crippen LogP) is 1.90. The summed E-state index contributed by atoms with van der Waals surface area (Å²) in [5.74, 6) is 0. The molecule has 1 N–H and O–H groups in total. The summed E-state index contributed by atoms with van der Waals surface area (Å²) in [6, 6.07) is 12.8. The second kappa shape index (κ2) is 7.93. The van der Waals surface area contributed by atoms with Gasteiger partial charge in [0, 0.05) is 22.7 Å². The van der Waals surface area contributed by atoms with Gasteiger partial charge in [0.25, 0.3) is 5.69 Å². The van der Waals surface area contributed by atoms with E-state index in [9.17, 15) is 18.5 Å². The second-order valence-electron chi connectivity index (χ2n) is 6.59. The van der Waals surface area contributed by atoms with Crippen molar-refractivity contribution in [2.45, 2.75) is 17.9 Å². The number of non-ortho nitro benzene ring substituents is 1. The molecule has 1 heterocycles. The van der Waals surface area contributed by atoms with Crippen LogP contribution < -0.4 is 4.90 Å². The fraction of sp³-hybridized carbons (Fsp3) is 0.333. The zero-order chi connectivity index (χ0) is 19.6. The monoisotopic (exact) mass is 410 g/mol. The summed E-state index contributed by atoms with van der Waals surface area (Å²) >= 11 is 5.84. The van der Waals surface area contributed by atoms with Crippen molar-refractivity contribution in [3.8, 4) is 0 Å². The van der Waals surface area contributed by atoms with Gasteiger partial charge in [0.1, 0.15) is 6.04 Å². The fourth-order valence-electron chi connectivity index (χ4n) is 3.35. The van der Waals surface area contributed by atoms with Crippen LogP contribution in [0.1, 0.15) is 18.5 Å². The van der Waals surface area contributed by atoms with Crippen LogP contribution in [0.2, 0.25) is 5.02 Å². The van der Waals surface area contributed by atoms with Crippen molar-refractivity contribution in [2.24, 2.45) is 0 Å². The van der Waals surface area contributed by atoms with E-state index in [-0.39, 0.29) is 16.6 Å². The molecule has 0 radical (unpaired) electrons. The lowest BCUT2D eigenvalue weighted by Gasteiger charge is -2.34. The molecule has 0 amide bonds. The maximum Gasteiger partial charge on any atom is 0.269 e. The number of nitrogens with one attached hydrogen (secondary N) is 1. The molecular weight excluding hydrogens is 390 g/mol. The molecule has 1 saturated heterocycles. The number of nitro groups is 1. The Morgan fingerprint density at radius 1 is 1.15 bits per heavy atom. The molecule has 7 nitrogen and oxygen atoms in total. The summed E-state index contributed by atoms with van der Waals surface area (Å²) in [6.45, 7) is 4.09. The second-order valence-corrected chi connectivity index (χ2v) is 8.96. The molecule has 2 aromatic rings. The number of piperazine rings is 1. The van der Waals surface area contributed by atoms with Crippen molar-refractivity contribution < 1.29 is 18.2 Å². The highest BCUT2D eigenvalue weighted by atomic mass is 35.5. The quantitative estimate of drug-likeness (QED) is 0.602. The molecule has 2 aromatic carbocycles. The number of halogens is 1. The van der Waals surface area contributed by atoms with Crippen molar-refractivity contribution in [1.29, 1.82) is 0 Å². The molecule has 1 atom stereocenters. The van der Waals surface area contributed by atoms with Crippen molar-refractivity contribution in [3.63, 3.8) is 0 Å². The van der Waals surface area contributed by atoms with Crippen LogP contribution in [0, 0.1) is 10.1 Å². The first-order valence-electron chi connectivity index (χ1n) is 8.63. The Balaban J connectivity index is 1.68. The molecule has 1 fully saturated rings. The standard InChI is InChI=1S/C18H20ClN3O4S/c1-14(15-3-2-4-17(13-15)22(23)24)20-9-11-21(12-10-20)27(25,26)18-7-5-16(19)6-8-18/h2-8,13-14H,9-12H2,1H3/p+1/t14-/m1/s1. The summed E-state index contributed by atoms with van der Waals surface area (Å²) in [5.41, 5.74) is 0.955. The molecule has 9 heteroatoms. The summed E-state index contributed by atoms with van der Waals surface area (Å²) in [5, 5.41) is 11.5. The van der Waals surface area contributed by atoms with Gasteiger partial charge in [-0.25, -0.2) is 8.42 Å². The van der Waals surface area contributed by atoms with Gasteiger partial charge in [-0.1, -0.05) is 23.7 Å². The molecule has 3 rings (SSSR count). The van der Waals surface area contributed by atoms with E-state index in [0.29, 0.717) is 31.2 Å². The molecule has 27 heavy (non-hydrogen) atoms. The summed E-state index contributed by atoms with van der Waals surface area (Å²) in [6.07, 6.45) is 0. The maximum absolute atomic E-state index is 12.8. The minimum atomic E-state index is -3.54. The highest BCUT2D eigenvalue weighted by molar-refractivity contribution is 7.89. The number of nitrogens with zero attached hydrogens (tertiary/aromatic N) is 2. The van der Waals surface area contributed by atoms with Crippen LogP contribution in [0.15, 0.2) is 53.4 Å². The van der Waals surface area contributed by atoms with Crippen LogP contribution in [-0.4, -0.2) is 43.8 Å². The topological polar surface area (TPSA) is 85.0 Å². The number of sulfonamides is 1. The zero-order valence-corrected chi connectivity index (χ0v) is 16.4. The Kier molecular flexibility index (Phi) is 5.81. The van der Waals surface area contributed by atoms with Crippen LogP contribution in [0.25, 0.3) is 0 Å². The van der Waals surface area contributed by atoms with Gasteiger partial charge in [0.2, 0.25) is 10.0 Å². The molecule has 1 aliphatic rings. The Labute approximate surface area is 163 Å². The number of hydrogen-bond acceptors (Lipinski definition) is 4. The lowest BCUT2D eigenvalue weighted by Crippen LogP contribution is -3.14. The molecular formula is C18H21ClN3O4S+. The lowest BCUT2D eigenvalue weighted by atomic mass is 10.1. The van der Waals surface area contributed by atoms with Gasteiger partial charge >= 0.3 is 0 Å². The van der Waals surface area contributed by atoms with Gasteiger partial charge in [0.05, 0.1) is 36.0 Å². The van der Waals surface area contributed by atoms with Crippen LogP contribution in [0.5, 0.6) is 0 Å². The van der Waals surface area contributed by atoms with Gasteiger partial charge in [-0.05, 0) is 31.2 Å². The first kappa shape index (κ1) is 19.8. The van der Waals surface area contributed by atoms with Crippen LogP contribution in [0.3, 0.4) is 0 Å². The van der Waals surface area contributed by atoms with Crippen molar-refractivity contribution in [3.05, 3.63) is 69.2 Å². The summed E-state index contributed by atoms with van der Waals surface area (Å²) < 4.78 is 27.0. The third-order valence-corrected chi connectivity index (χ3v) is 7.17. The van der Waals surface area contributed by atoms with E-state index in [4.69, 9.17) is 11.6 Å². The van der Waals surface area contributed by atoms with Gasteiger partial charge in [-0.3, -0.25) is 10.1 Å². The smallest absolute Gasteiger partial charge is 0.269 e. The minimum absolute atomic E-state index is 0.0466. The number of quaternary nitrogens is 1. The average Bonchev–Trinajstić information content (AvgIpc) is 2.68. The van der Waals surface area contributed by atoms with Crippen LogP contribution >= 0.6 is 11.6 Å². The molecule has 0 unspecified atom stereocenters. The van der Waals surface area contributed by atoms with Crippen molar-refractivity contribution in [1.82, 2.24) is 4.31 Å². The third kappa shape index (κ3) is 4.30. The molecule has 0 saturated carbocycles. The van der Waals surface area contributed by atoms with E-state index < -0.39 is 14.9 Å². The Morgan fingerprint density at radius 2 is 1.78 bits per heavy atom. The maximum atomic E-state index is 12.8. The van der Waals surface area contributed by atoms with E-state index in [1.807, 2.05) is 13.0 Å². The highest BCUT2D eigenvalue weighted by Crippen LogP contribution is 2.20. The molecule has 1 aliphatic heterocycles. The normalized spacial score (nSPS) is 17.6. The van der Waals surface area contributed by atoms with Crippen molar-refractivity contribution >= 4 is 27.3 Å². The van der Waals surface area contributed by atoms with Gasteiger partial charge in [-0.2, -0.15) is 4.31 Å². The number of rotatable bonds is 5. The van der Waals surface area contributed by atoms with Gasteiger partial charge in [0.15, 0.2) is 0 Å². The number of hydrogen-bond donors (Lipinski definition) is 1. The van der Waals surface area contributed by atoms with Gasteiger partial charge < -0.3 is 4.90 Å². The molecule has 0 aliphatic carbocycles. The Hall–Kier alpha value is -2.00. The van der Waals surface area contributed by atoms with Gasteiger partial charge in [-0.15, -0.1) is 0 Å². The van der Waals surface area contributed by atoms with E-state index in [1.54, 1.807) is 24.3 Å². The van der Waals surface area contributed by atoms with E-state index in [0.717, 1.165) is 5.56 Å². The average molecular weight is 411 g/mol. The fourth-order valence-corrected chi connectivity index (χ4v) is 4.91. The molecule has 144 valence electrons. The van der Waals surface area contributed by atoms with E-state index >= 15 is 0 Å². The SMILES string of the molecule is C[C@H](c1cccc([N+](=O)[O-])c1)[NH+]1CCN(S(=O)(=O)c2ccc(Cl)cc2)CC1. The lowest BCUT2D eigenvalue weighted by molar-refractivity contribution is -0.933. The first-order valence-corrected chi connectivity index (χ1v) is 10.5. The highest BCUT2D eigenvalue weighted by Gasteiger charge is 2.32. The predicted molar refractivity (Wildman–Crippen MR) is 102 cm³/mol. The Bertz CT molecular complexity index is 926. The molecule has 0 aromatic heterocycles. The minimum Gasteiger partial charge on any atom is -0.327 e.